The number of carbonyl (C=O) groups is 4. The third-order valence-electron chi connectivity index (χ3n) is 5.74. The monoisotopic (exact) mass is 581 g/mol. The van der Waals surface area contributed by atoms with E-state index in [-0.39, 0.29) is 29.3 Å². The minimum absolute atomic E-state index is 0.112. The first-order chi connectivity index (χ1) is 18.9. The maximum Gasteiger partial charge on any atom is 0.377 e. The Labute approximate surface area is 237 Å². The maximum atomic E-state index is 13.6. The second kappa shape index (κ2) is 11.4. The van der Waals surface area contributed by atoms with Crippen LogP contribution in [0.4, 0.5) is 5.82 Å². The number of hydrogen-bond donors (Lipinski definition) is 2. The zero-order valence-electron chi connectivity index (χ0n) is 21.7. The van der Waals surface area contributed by atoms with Crippen LogP contribution in [-0.2, 0) is 17.9 Å². The highest BCUT2D eigenvalue weighted by atomic mass is 35.5. The van der Waals surface area contributed by atoms with Crippen LogP contribution in [0.1, 0.15) is 51.3 Å². The Balaban J connectivity index is 1.84. The molecule has 40 heavy (non-hydrogen) atoms. The van der Waals surface area contributed by atoms with Gasteiger partial charge in [0.05, 0.1) is 23.0 Å². The molecule has 0 saturated heterocycles. The van der Waals surface area contributed by atoms with Gasteiger partial charge < -0.3 is 15.0 Å². The molecule has 4 aromatic heterocycles. The smallest absolute Gasteiger partial charge is 0.377 e. The van der Waals surface area contributed by atoms with E-state index < -0.39 is 46.5 Å². The lowest BCUT2D eigenvalue weighted by molar-refractivity contribution is -0.131. The Morgan fingerprint density at radius 1 is 1.10 bits per heavy atom. The molecule has 0 radical (unpaired) electrons. The van der Waals surface area contributed by atoms with Gasteiger partial charge in [0.2, 0.25) is 5.78 Å². The summed E-state index contributed by atoms with van der Waals surface area (Å²) < 4.78 is 2.70. The van der Waals surface area contributed by atoms with E-state index in [4.69, 9.17) is 11.6 Å². The first kappa shape index (κ1) is 28.6. The second-order valence-electron chi connectivity index (χ2n) is 9.75. The number of aromatic nitrogens is 4. The van der Waals surface area contributed by atoms with E-state index >= 15 is 0 Å². The van der Waals surface area contributed by atoms with Gasteiger partial charge in [-0.2, -0.15) is 9.78 Å². The Hall–Kier alpha value is -4.42. The van der Waals surface area contributed by atoms with Crippen LogP contribution < -0.4 is 10.9 Å². The lowest BCUT2D eigenvalue weighted by Gasteiger charge is -2.18. The molecule has 0 atom stereocenters. The molecule has 0 spiro atoms. The second-order valence-corrected chi connectivity index (χ2v) is 11.6. The molecule has 13 heteroatoms. The maximum absolute atomic E-state index is 13.6. The predicted octanol–water partition coefficient (Wildman–Crippen LogP) is 4.27. The highest BCUT2D eigenvalue weighted by Gasteiger charge is 2.30. The molecule has 0 aliphatic heterocycles. The SMILES string of the molecule is CC(C)(C)C(=O)n1nc(-c2c(C(=O)C(=O)O)ccn(CC(=O)c3ccccn3)c2=O)cc1NCc1ccc(Cl)s1. The molecular weight excluding hydrogens is 558 g/mol. The highest BCUT2D eigenvalue weighted by Crippen LogP contribution is 2.28. The van der Waals surface area contributed by atoms with Gasteiger partial charge in [-0.15, -0.1) is 11.3 Å². The van der Waals surface area contributed by atoms with Crippen molar-refractivity contribution < 1.29 is 24.3 Å². The van der Waals surface area contributed by atoms with Gasteiger partial charge in [0.15, 0.2) is 0 Å². The molecule has 0 aromatic carbocycles. The molecule has 0 aliphatic carbocycles. The van der Waals surface area contributed by atoms with Crippen LogP contribution in [0.3, 0.4) is 0 Å². The predicted molar refractivity (Wildman–Crippen MR) is 149 cm³/mol. The van der Waals surface area contributed by atoms with Gasteiger partial charge >= 0.3 is 5.97 Å². The van der Waals surface area contributed by atoms with Crippen molar-refractivity contribution in [3.63, 3.8) is 0 Å². The van der Waals surface area contributed by atoms with Crippen LogP contribution in [0.5, 0.6) is 0 Å². The number of hydrogen-bond acceptors (Lipinski definition) is 9. The Kier molecular flexibility index (Phi) is 8.12. The third-order valence-corrected chi connectivity index (χ3v) is 6.97. The zero-order valence-corrected chi connectivity index (χ0v) is 23.2. The Morgan fingerprint density at radius 2 is 1.85 bits per heavy atom. The number of aliphatic carboxylic acids is 1. The summed E-state index contributed by atoms with van der Waals surface area (Å²) in [7, 11) is 0. The van der Waals surface area contributed by atoms with Crippen molar-refractivity contribution in [1.29, 1.82) is 0 Å². The van der Waals surface area contributed by atoms with Crippen molar-refractivity contribution in [2.45, 2.75) is 33.9 Å². The molecule has 4 heterocycles. The summed E-state index contributed by atoms with van der Waals surface area (Å²) in [5.41, 5.74) is -2.48. The number of pyridine rings is 2. The summed E-state index contributed by atoms with van der Waals surface area (Å²) in [6.45, 7) is 4.93. The van der Waals surface area contributed by atoms with Gasteiger partial charge in [0.25, 0.3) is 17.2 Å². The van der Waals surface area contributed by atoms with Gasteiger partial charge in [-0.1, -0.05) is 38.4 Å². The largest absolute Gasteiger partial charge is 0.475 e. The van der Waals surface area contributed by atoms with E-state index in [1.807, 2.05) is 6.07 Å². The summed E-state index contributed by atoms with van der Waals surface area (Å²) >= 11 is 7.36. The number of thiophene rings is 1. The highest BCUT2D eigenvalue weighted by molar-refractivity contribution is 7.16. The van der Waals surface area contributed by atoms with E-state index in [0.717, 1.165) is 20.2 Å². The quantitative estimate of drug-likeness (QED) is 0.218. The molecule has 11 nitrogen and oxygen atoms in total. The number of rotatable bonds is 9. The standard InChI is InChI=1S/C27H24ClN5O6S/c1-27(2,3)26(39)33-21(30-13-15-7-8-20(28)40-15)12-18(31-33)22-16(23(35)25(37)38)9-11-32(24(22)36)14-19(34)17-6-4-5-10-29-17/h4-12,30H,13-14H2,1-3H3,(H,37,38). The molecule has 0 aliphatic rings. The van der Waals surface area contributed by atoms with Crippen LogP contribution in [0.2, 0.25) is 4.34 Å². The van der Waals surface area contributed by atoms with Crippen molar-refractivity contribution >= 4 is 52.2 Å². The van der Waals surface area contributed by atoms with Crippen molar-refractivity contribution in [2.75, 3.05) is 5.32 Å². The minimum atomic E-state index is -1.78. The van der Waals surface area contributed by atoms with Crippen molar-refractivity contribution in [1.82, 2.24) is 19.3 Å². The van der Waals surface area contributed by atoms with E-state index in [2.05, 4.69) is 15.4 Å². The molecule has 4 rings (SSSR count). The van der Waals surface area contributed by atoms with Gasteiger partial charge in [-0.3, -0.25) is 24.2 Å². The van der Waals surface area contributed by atoms with Crippen LogP contribution in [-0.4, -0.2) is 47.9 Å². The van der Waals surface area contributed by atoms with Crippen molar-refractivity contribution in [2.24, 2.45) is 5.41 Å². The average Bonchev–Trinajstić information content (AvgIpc) is 3.53. The first-order valence-corrected chi connectivity index (χ1v) is 13.1. The molecule has 0 unspecified atom stereocenters. The Morgan fingerprint density at radius 3 is 2.45 bits per heavy atom. The molecule has 0 amide bonds. The van der Waals surface area contributed by atoms with Gasteiger partial charge in [0, 0.05) is 34.3 Å². The van der Waals surface area contributed by atoms with Crippen LogP contribution in [0, 0.1) is 5.41 Å². The molecule has 0 saturated carbocycles. The lowest BCUT2D eigenvalue weighted by Crippen LogP contribution is -2.30. The number of anilines is 1. The number of carboxylic acid groups (broad SMARTS) is 1. The summed E-state index contributed by atoms with van der Waals surface area (Å²) in [5, 5.41) is 16.8. The fourth-order valence-electron chi connectivity index (χ4n) is 3.74. The number of carbonyl (C=O) groups excluding carboxylic acids is 3. The number of carboxylic acids is 1. The fraction of sp³-hybridized carbons (Fsp3) is 0.222. The number of nitrogens with zero attached hydrogens (tertiary/aromatic N) is 4. The normalized spacial score (nSPS) is 11.3. The Bertz CT molecular complexity index is 1680. The van der Waals surface area contributed by atoms with Crippen LogP contribution in [0.25, 0.3) is 11.3 Å². The van der Waals surface area contributed by atoms with E-state index in [1.54, 1.807) is 39.0 Å². The van der Waals surface area contributed by atoms with Gasteiger partial charge in [-0.05, 0) is 30.3 Å². The molecule has 2 N–H and O–H groups in total. The van der Waals surface area contributed by atoms with Crippen molar-refractivity contribution in [3.8, 4) is 11.3 Å². The van der Waals surface area contributed by atoms with Crippen LogP contribution >= 0.6 is 22.9 Å². The van der Waals surface area contributed by atoms with Crippen molar-refractivity contribution in [3.05, 3.63) is 85.7 Å². The number of ketones is 2. The first-order valence-electron chi connectivity index (χ1n) is 12.0. The molecule has 0 bridgehead atoms. The topological polar surface area (TPSA) is 153 Å². The van der Waals surface area contributed by atoms with Gasteiger partial charge in [0.1, 0.15) is 17.2 Å². The van der Waals surface area contributed by atoms with E-state index in [9.17, 15) is 29.1 Å². The van der Waals surface area contributed by atoms with Crippen LogP contribution in [0.15, 0.2) is 59.7 Å². The molecule has 4 aromatic rings. The average molecular weight is 582 g/mol. The molecular formula is C27H24ClN5O6S. The molecule has 0 fully saturated rings. The summed E-state index contributed by atoms with van der Waals surface area (Å²) in [6.07, 6.45) is 2.60. The fourth-order valence-corrected chi connectivity index (χ4v) is 4.77. The van der Waals surface area contributed by atoms with Gasteiger partial charge in [-0.25, -0.2) is 4.79 Å². The zero-order chi connectivity index (χ0) is 29.2. The summed E-state index contributed by atoms with van der Waals surface area (Å²) in [5.74, 6) is -3.79. The molecule has 206 valence electrons. The summed E-state index contributed by atoms with van der Waals surface area (Å²) in [4.78, 5) is 68.7. The number of halogens is 1. The van der Waals surface area contributed by atoms with E-state index in [1.165, 1.54) is 35.9 Å². The lowest BCUT2D eigenvalue weighted by atomic mass is 9.96. The minimum Gasteiger partial charge on any atom is -0.475 e. The summed E-state index contributed by atoms with van der Waals surface area (Å²) in [6, 6.07) is 10.8. The number of nitrogens with one attached hydrogen (secondary N) is 1. The van der Waals surface area contributed by atoms with E-state index in [0.29, 0.717) is 4.34 Å². The number of Topliss-reactive ketones (excluding diaryl/α,β-unsaturated/α-hetero) is 2. The third kappa shape index (κ3) is 6.08.